The van der Waals surface area contributed by atoms with Crippen LogP contribution in [0.25, 0.3) is 0 Å². The molecule has 7 heteroatoms. The van der Waals surface area contributed by atoms with Crippen molar-refractivity contribution in [1.82, 2.24) is 0 Å². The second kappa shape index (κ2) is 20.7. The molecule has 0 heterocycles. The summed E-state index contributed by atoms with van der Waals surface area (Å²) in [4.78, 5) is 11.2. The molecule has 101 valence electrons. The van der Waals surface area contributed by atoms with Crippen molar-refractivity contribution in [3.05, 3.63) is 0 Å². The Bertz CT molecular complexity index is 81.0. The molecule has 0 atom stereocenters. The molecule has 0 saturated heterocycles. The molecule has 16 heavy (non-hydrogen) atoms. The first-order chi connectivity index (χ1) is 6.81. The minimum absolute atomic E-state index is 0. The van der Waals surface area contributed by atoms with Crippen LogP contribution in [0, 0.1) is 0 Å². The Hall–Kier alpha value is 0.344. The Kier molecular flexibility index (Phi) is 32.7. The first-order valence-corrected chi connectivity index (χ1v) is 4.72. The SMILES string of the molecule is CC(C)OO.CC(C)OO.CC(C)OO.[V]. The van der Waals surface area contributed by atoms with Gasteiger partial charge in [0, 0.05) is 18.6 Å². The molecule has 0 aliphatic rings. The smallest absolute Gasteiger partial charge is 0.0871 e. The van der Waals surface area contributed by atoms with E-state index >= 15 is 0 Å². The zero-order valence-electron chi connectivity index (χ0n) is 10.7. The second-order valence-corrected chi connectivity index (χ2v) is 3.46. The number of rotatable bonds is 3. The van der Waals surface area contributed by atoms with Gasteiger partial charge in [-0.05, 0) is 41.5 Å². The monoisotopic (exact) mass is 279 g/mol. The first-order valence-electron chi connectivity index (χ1n) is 4.72. The maximum Gasteiger partial charge on any atom is 0.0871 e. The van der Waals surface area contributed by atoms with Gasteiger partial charge in [-0.2, -0.15) is 0 Å². The van der Waals surface area contributed by atoms with Crippen molar-refractivity contribution in [1.29, 1.82) is 0 Å². The standard InChI is InChI=1S/3C3H8O2.V/c3*1-3(2)5-4;/h3*3-4H,1-2H3;. The number of hydrogen-bond acceptors (Lipinski definition) is 6. The van der Waals surface area contributed by atoms with Crippen LogP contribution in [0.2, 0.25) is 0 Å². The van der Waals surface area contributed by atoms with Crippen molar-refractivity contribution in [3.8, 4) is 0 Å². The molecule has 0 aliphatic heterocycles. The van der Waals surface area contributed by atoms with Crippen molar-refractivity contribution >= 4 is 0 Å². The third-order valence-electron chi connectivity index (χ3n) is 0.632. The van der Waals surface area contributed by atoms with Crippen LogP contribution in [-0.2, 0) is 33.2 Å². The van der Waals surface area contributed by atoms with Gasteiger partial charge in [0.25, 0.3) is 0 Å². The van der Waals surface area contributed by atoms with E-state index in [1.165, 1.54) is 0 Å². The van der Waals surface area contributed by atoms with E-state index in [1.807, 2.05) is 0 Å². The average Bonchev–Trinajstić information content (AvgIpc) is 2.19. The second-order valence-electron chi connectivity index (χ2n) is 3.46. The molecular formula is C9H24O6V. The summed E-state index contributed by atoms with van der Waals surface area (Å²) in [6.07, 6.45) is -0.181. The fourth-order valence-corrected chi connectivity index (χ4v) is 0. The minimum atomic E-state index is -0.0602. The van der Waals surface area contributed by atoms with Crippen LogP contribution in [0.1, 0.15) is 41.5 Å². The van der Waals surface area contributed by atoms with E-state index < -0.39 is 0 Å². The zero-order valence-corrected chi connectivity index (χ0v) is 12.1. The molecule has 0 aromatic rings. The molecule has 0 bridgehead atoms. The summed E-state index contributed by atoms with van der Waals surface area (Å²) in [6, 6.07) is 0. The molecule has 0 spiro atoms. The Morgan fingerprint density at radius 2 is 0.625 bits per heavy atom. The molecule has 3 N–H and O–H groups in total. The predicted molar refractivity (Wildman–Crippen MR) is 56.5 cm³/mol. The molecule has 0 rings (SSSR count). The van der Waals surface area contributed by atoms with Crippen LogP contribution in [0.15, 0.2) is 0 Å². The van der Waals surface area contributed by atoms with Gasteiger partial charge in [-0.15, -0.1) is 0 Å². The van der Waals surface area contributed by atoms with Crippen molar-refractivity contribution < 1.29 is 49.0 Å². The fraction of sp³-hybridized carbons (Fsp3) is 1.00. The van der Waals surface area contributed by atoms with Gasteiger partial charge in [0.05, 0.1) is 18.3 Å². The molecule has 0 aliphatic carbocycles. The normalized spacial score (nSPS) is 9.00. The third kappa shape index (κ3) is 63.5. The largest absolute Gasteiger partial charge is 0.252 e. The van der Waals surface area contributed by atoms with Gasteiger partial charge in [-0.25, -0.2) is 14.7 Å². The summed E-state index contributed by atoms with van der Waals surface area (Å²) >= 11 is 0. The summed E-state index contributed by atoms with van der Waals surface area (Å²) in [6.45, 7) is 10.5. The van der Waals surface area contributed by atoms with Gasteiger partial charge < -0.3 is 0 Å². The van der Waals surface area contributed by atoms with E-state index in [-0.39, 0.29) is 36.9 Å². The van der Waals surface area contributed by atoms with Gasteiger partial charge in [0.2, 0.25) is 0 Å². The van der Waals surface area contributed by atoms with E-state index in [0.717, 1.165) is 0 Å². The van der Waals surface area contributed by atoms with Crippen LogP contribution >= 0.6 is 0 Å². The van der Waals surface area contributed by atoms with Gasteiger partial charge in [-0.1, -0.05) is 0 Å². The van der Waals surface area contributed by atoms with Crippen molar-refractivity contribution in [3.63, 3.8) is 0 Å². The number of hydrogen-bond donors (Lipinski definition) is 3. The van der Waals surface area contributed by atoms with Crippen molar-refractivity contribution in [2.45, 2.75) is 59.9 Å². The van der Waals surface area contributed by atoms with Crippen LogP contribution in [0.3, 0.4) is 0 Å². The first kappa shape index (κ1) is 25.3. The van der Waals surface area contributed by atoms with E-state index in [4.69, 9.17) is 15.8 Å². The Morgan fingerprint density at radius 1 is 0.562 bits per heavy atom. The van der Waals surface area contributed by atoms with Gasteiger partial charge in [0.1, 0.15) is 0 Å². The maximum atomic E-state index is 7.64. The third-order valence-corrected chi connectivity index (χ3v) is 0.632. The topological polar surface area (TPSA) is 88.4 Å². The van der Waals surface area contributed by atoms with Crippen LogP contribution in [0.4, 0.5) is 0 Å². The summed E-state index contributed by atoms with van der Waals surface area (Å²) in [5.41, 5.74) is 0. The maximum absolute atomic E-state index is 7.64. The van der Waals surface area contributed by atoms with Gasteiger partial charge in [-0.3, -0.25) is 15.8 Å². The molecule has 6 nitrogen and oxygen atoms in total. The van der Waals surface area contributed by atoms with E-state index in [1.54, 1.807) is 41.5 Å². The molecule has 0 aromatic heterocycles. The Labute approximate surface area is 109 Å². The minimum Gasteiger partial charge on any atom is -0.252 e. The molecular weight excluding hydrogens is 255 g/mol. The molecule has 0 saturated carbocycles. The van der Waals surface area contributed by atoms with Crippen LogP contribution < -0.4 is 0 Å². The Balaban J connectivity index is -0.0000000655. The van der Waals surface area contributed by atoms with Crippen molar-refractivity contribution in [2.24, 2.45) is 0 Å². The Morgan fingerprint density at radius 3 is 0.625 bits per heavy atom. The van der Waals surface area contributed by atoms with Crippen LogP contribution in [-0.4, -0.2) is 34.1 Å². The van der Waals surface area contributed by atoms with E-state index in [2.05, 4.69) is 14.7 Å². The van der Waals surface area contributed by atoms with Crippen molar-refractivity contribution in [2.75, 3.05) is 0 Å². The molecule has 0 fully saturated rings. The predicted octanol–water partition coefficient (Wildman–Crippen LogP) is 2.65. The van der Waals surface area contributed by atoms with Crippen LogP contribution in [0.5, 0.6) is 0 Å². The summed E-state index contributed by atoms with van der Waals surface area (Å²) < 4.78 is 0. The van der Waals surface area contributed by atoms with E-state index in [9.17, 15) is 0 Å². The molecule has 0 amide bonds. The summed E-state index contributed by atoms with van der Waals surface area (Å²) in [5.74, 6) is 0. The molecule has 1 radical (unpaired) electrons. The zero-order chi connectivity index (χ0) is 12.9. The quantitative estimate of drug-likeness (QED) is 0.543. The average molecular weight is 279 g/mol. The molecule has 0 aromatic carbocycles. The fourth-order valence-electron chi connectivity index (χ4n) is 0. The summed E-state index contributed by atoms with van der Waals surface area (Å²) in [7, 11) is 0. The summed E-state index contributed by atoms with van der Waals surface area (Å²) in [5, 5.41) is 22.9. The van der Waals surface area contributed by atoms with E-state index in [0.29, 0.717) is 0 Å². The van der Waals surface area contributed by atoms with Gasteiger partial charge in [0.15, 0.2) is 0 Å². The van der Waals surface area contributed by atoms with Gasteiger partial charge >= 0.3 is 0 Å². The molecule has 0 unspecified atom stereocenters.